The third-order valence-electron chi connectivity index (χ3n) is 2.51. The molecule has 0 fully saturated rings. The second-order valence-corrected chi connectivity index (χ2v) is 6.43. The zero-order chi connectivity index (χ0) is 14.8. The first-order chi connectivity index (χ1) is 9.42. The van der Waals surface area contributed by atoms with Crippen LogP contribution in [0.25, 0.3) is 0 Å². The van der Waals surface area contributed by atoms with Crippen molar-refractivity contribution < 1.29 is 13.2 Å². The number of halogens is 2. The Labute approximate surface area is 127 Å². The highest BCUT2D eigenvalue weighted by atomic mass is 35.5. The van der Waals surface area contributed by atoms with Gasteiger partial charge in [0, 0.05) is 15.7 Å². The zero-order valence-electron chi connectivity index (χ0n) is 10.4. The third-order valence-corrected chi connectivity index (χ3v) is 4.40. The fraction of sp³-hybridized carbons (Fsp3) is 0.0769. The van der Waals surface area contributed by atoms with Gasteiger partial charge in [-0.25, -0.2) is 8.42 Å². The van der Waals surface area contributed by atoms with Gasteiger partial charge >= 0.3 is 0 Å². The molecule has 0 radical (unpaired) electrons. The minimum Gasteiger partial charge on any atom is -0.495 e. The van der Waals surface area contributed by atoms with Gasteiger partial charge in [-0.2, -0.15) is 0 Å². The number of ether oxygens (including phenoxy) is 1. The van der Waals surface area contributed by atoms with Crippen molar-refractivity contribution in [3.8, 4) is 5.75 Å². The lowest BCUT2D eigenvalue weighted by Crippen LogP contribution is -2.14. The molecule has 0 atom stereocenters. The van der Waals surface area contributed by atoms with Crippen LogP contribution in [0.15, 0.2) is 47.4 Å². The van der Waals surface area contributed by atoms with Crippen molar-refractivity contribution in [2.45, 2.75) is 4.90 Å². The number of methoxy groups -OCH3 is 1. The minimum absolute atomic E-state index is 0.0255. The van der Waals surface area contributed by atoms with Crippen molar-refractivity contribution in [2.24, 2.45) is 0 Å². The van der Waals surface area contributed by atoms with E-state index in [1.165, 1.54) is 19.2 Å². The van der Waals surface area contributed by atoms with E-state index >= 15 is 0 Å². The lowest BCUT2D eigenvalue weighted by atomic mass is 10.3. The highest BCUT2D eigenvalue weighted by molar-refractivity contribution is 7.92. The van der Waals surface area contributed by atoms with Crippen molar-refractivity contribution in [1.82, 2.24) is 0 Å². The minimum atomic E-state index is -3.79. The molecule has 0 heterocycles. The van der Waals surface area contributed by atoms with Crippen LogP contribution in [0.1, 0.15) is 0 Å². The van der Waals surface area contributed by atoms with E-state index in [1.54, 1.807) is 30.3 Å². The average molecular weight is 332 g/mol. The Bertz CT molecular complexity index is 715. The molecule has 2 aromatic carbocycles. The van der Waals surface area contributed by atoms with Crippen LogP contribution >= 0.6 is 23.2 Å². The van der Waals surface area contributed by atoms with E-state index in [-0.39, 0.29) is 10.6 Å². The van der Waals surface area contributed by atoms with E-state index in [4.69, 9.17) is 27.9 Å². The molecule has 0 spiro atoms. The summed E-state index contributed by atoms with van der Waals surface area (Å²) < 4.78 is 32.2. The Kier molecular flexibility index (Phi) is 4.42. The molecule has 7 heteroatoms. The van der Waals surface area contributed by atoms with Crippen LogP contribution < -0.4 is 9.46 Å². The first kappa shape index (κ1) is 15.0. The van der Waals surface area contributed by atoms with Gasteiger partial charge in [-0.1, -0.05) is 23.2 Å². The summed E-state index contributed by atoms with van der Waals surface area (Å²) in [4.78, 5) is -0.0255. The van der Waals surface area contributed by atoms with E-state index in [1.807, 2.05) is 0 Å². The largest absolute Gasteiger partial charge is 0.495 e. The molecule has 0 saturated heterocycles. The van der Waals surface area contributed by atoms with Crippen LogP contribution in [0, 0.1) is 0 Å². The second kappa shape index (κ2) is 5.91. The van der Waals surface area contributed by atoms with Crippen molar-refractivity contribution >= 4 is 38.9 Å². The summed E-state index contributed by atoms with van der Waals surface area (Å²) in [6.45, 7) is 0. The average Bonchev–Trinajstić information content (AvgIpc) is 2.41. The Hall–Kier alpha value is -1.43. The van der Waals surface area contributed by atoms with Crippen LogP contribution in [0.4, 0.5) is 5.69 Å². The number of benzene rings is 2. The van der Waals surface area contributed by atoms with Crippen LogP contribution in [-0.4, -0.2) is 15.5 Å². The smallest absolute Gasteiger partial charge is 0.265 e. The predicted octanol–water partition coefficient (Wildman–Crippen LogP) is 3.80. The monoisotopic (exact) mass is 331 g/mol. The van der Waals surface area contributed by atoms with Gasteiger partial charge in [-0.05, 0) is 42.5 Å². The Morgan fingerprint density at radius 2 is 1.60 bits per heavy atom. The standard InChI is InChI=1S/C13H11Cl2NO3S/c1-19-12-7-4-10(15)8-13(12)20(17,18)16-11-5-2-9(14)3-6-11/h2-8,16H,1H3. The zero-order valence-corrected chi connectivity index (χ0v) is 12.8. The Morgan fingerprint density at radius 1 is 1.00 bits per heavy atom. The lowest BCUT2D eigenvalue weighted by molar-refractivity contribution is 0.403. The normalized spacial score (nSPS) is 11.2. The number of anilines is 1. The number of hydrogen-bond acceptors (Lipinski definition) is 3. The van der Waals surface area contributed by atoms with Crippen LogP contribution in [0.3, 0.4) is 0 Å². The second-order valence-electron chi connectivity index (χ2n) is 3.91. The molecule has 1 N–H and O–H groups in total. The molecule has 0 unspecified atom stereocenters. The van der Waals surface area contributed by atoms with Crippen LogP contribution in [0.5, 0.6) is 5.75 Å². The molecule has 4 nitrogen and oxygen atoms in total. The highest BCUT2D eigenvalue weighted by Gasteiger charge is 2.20. The number of rotatable bonds is 4. The fourth-order valence-electron chi connectivity index (χ4n) is 1.59. The van der Waals surface area contributed by atoms with Gasteiger partial charge in [0.2, 0.25) is 0 Å². The maximum absolute atomic E-state index is 12.3. The summed E-state index contributed by atoms with van der Waals surface area (Å²) in [5.41, 5.74) is 0.399. The number of hydrogen-bond donors (Lipinski definition) is 1. The molecule has 0 aliphatic rings. The molecule has 0 aromatic heterocycles. The van der Waals surface area contributed by atoms with E-state index in [2.05, 4.69) is 4.72 Å². The van der Waals surface area contributed by atoms with E-state index in [9.17, 15) is 8.42 Å². The molecule has 20 heavy (non-hydrogen) atoms. The summed E-state index contributed by atoms with van der Waals surface area (Å²) in [6.07, 6.45) is 0. The molecular weight excluding hydrogens is 321 g/mol. The van der Waals surface area contributed by atoms with Gasteiger partial charge in [0.15, 0.2) is 0 Å². The summed E-state index contributed by atoms with van der Waals surface area (Å²) >= 11 is 11.6. The summed E-state index contributed by atoms with van der Waals surface area (Å²) in [7, 11) is -2.40. The number of nitrogens with one attached hydrogen (secondary N) is 1. The predicted molar refractivity (Wildman–Crippen MR) is 80.3 cm³/mol. The SMILES string of the molecule is COc1ccc(Cl)cc1S(=O)(=O)Nc1ccc(Cl)cc1. The van der Waals surface area contributed by atoms with E-state index in [0.717, 1.165) is 0 Å². The van der Waals surface area contributed by atoms with E-state index in [0.29, 0.717) is 15.7 Å². The third kappa shape index (κ3) is 3.36. The van der Waals surface area contributed by atoms with Gasteiger partial charge in [0.25, 0.3) is 10.0 Å². The van der Waals surface area contributed by atoms with Gasteiger partial charge in [0.1, 0.15) is 10.6 Å². The molecule has 0 saturated carbocycles. The molecular formula is C13H11Cl2NO3S. The first-order valence-corrected chi connectivity index (χ1v) is 7.78. The molecule has 0 aliphatic carbocycles. The maximum atomic E-state index is 12.3. The summed E-state index contributed by atoms with van der Waals surface area (Å²) in [5, 5.41) is 0.829. The molecule has 0 aliphatic heterocycles. The van der Waals surface area contributed by atoms with Gasteiger partial charge in [-0.15, -0.1) is 0 Å². The van der Waals surface area contributed by atoms with Crippen molar-refractivity contribution in [3.63, 3.8) is 0 Å². The molecule has 106 valence electrons. The van der Waals surface area contributed by atoms with Crippen molar-refractivity contribution in [2.75, 3.05) is 11.8 Å². The fourth-order valence-corrected chi connectivity index (χ4v) is 3.21. The van der Waals surface area contributed by atoms with Crippen LogP contribution in [-0.2, 0) is 10.0 Å². The van der Waals surface area contributed by atoms with Gasteiger partial charge in [-0.3, -0.25) is 4.72 Å². The first-order valence-electron chi connectivity index (χ1n) is 5.54. The molecule has 0 amide bonds. The molecule has 2 rings (SSSR count). The van der Waals surface area contributed by atoms with Crippen molar-refractivity contribution in [3.05, 3.63) is 52.5 Å². The summed E-state index contributed by atoms with van der Waals surface area (Å²) in [6, 6.07) is 10.7. The van der Waals surface area contributed by atoms with Gasteiger partial charge in [0.05, 0.1) is 7.11 Å². The number of sulfonamides is 1. The topological polar surface area (TPSA) is 55.4 Å². The van der Waals surface area contributed by atoms with Crippen LogP contribution in [0.2, 0.25) is 10.0 Å². The molecule has 0 bridgehead atoms. The van der Waals surface area contributed by atoms with E-state index < -0.39 is 10.0 Å². The quantitative estimate of drug-likeness (QED) is 0.926. The summed E-state index contributed by atoms with van der Waals surface area (Å²) in [5.74, 6) is 0.218. The lowest BCUT2D eigenvalue weighted by Gasteiger charge is -2.12. The molecule has 2 aromatic rings. The Morgan fingerprint density at radius 3 is 2.20 bits per heavy atom. The van der Waals surface area contributed by atoms with Gasteiger partial charge < -0.3 is 4.74 Å². The maximum Gasteiger partial charge on any atom is 0.265 e. The Balaban J connectivity index is 2.40. The highest BCUT2D eigenvalue weighted by Crippen LogP contribution is 2.28. The van der Waals surface area contributed by atoms with Crippen molar-refractivity contribution in [1.29, 1.82) is 0 Å².